The molecule has 0 aromatic heterocycles. The highest BCUT2D eigenvalue weighted by molar-refractivity contribution is 7.98. The van der Waals surface area contributed by atoms with Crippen molar-refractivity contribution >= 4 is 29.5 Å². The molecule has 104 valence electrons. The third-order valence-electron chi connectivity index (χ3n) is 2.17. The number of thioether (sulfide) groups is 1. The van der Waals surface area contributed by atoms with Crippen molar-refractivity contribution in [2.45, 2.75) is 19.0 Å². The van der Waals surface area contributed by atoms with Crippen LogP contribution in [0.5, 0.6) is 0 Å². The predicted molar refractivity (Wildman–Crippen MR) is 71.0 cm³/mol. The molecular weight excluding hydrogens is 256 g/mol. The summed E-state index contributed by atoms with van der Waals surface area (Å²) in [5.74, 6) is -0.749. The lowest BCUT2D eigenvalue weighted by atomic mass is 10.2. The van der Waals surface area contributed by atoms with Gasteiger partial charge in [0.15, 0.2) is 1.41 Å². The molecule has 0 aliphatic heterocycles. The van der Waals surface area contributed by atoms with E-state index in [9.17, 15) is 14.4 Å². The molecule has 0 rings (SSSR count). The van der Waals surface area contributed by atoms with Crippen molar-refractivity contribution in [3.8, 4) is 0 Å². The fourth-order valence-corrected chi connectivity index (χ4v) is 1.89. The second-order valence-corrected chi connectivity index (χ2v) is 4.57. The highest BCUT2D eigenvalue weighted by Crippen LogP contribution is 1.96. The molecule has 7 nitrogen and oxygen atoms in total. The lowest BCUT2D eigenvalue weighted by Crippen LogP contribution is -2.53. The molecule has 0 fully saturated rings. The molecule has 18 heavy (non-hydrogen) atoms. The molecule has 0 unspecified atom stereocenters. The molecule has 0 aliphatic carbocycles. The third-order valence-corrected chi connectivity index (χ3v) is 2.84. The molecule has 8 heteroatoms. The van der Waals surface area contributed by atoms with Crippen LogP contribution in [0.3, 0.4) is 0 Å². The van der Waals surface area contributed by atoms with E-state index < -0.39 is 17.9 Å². The number of carbonyl (C=O) groups excluding carboxylic acids is 3. The first-order valence-corrected chi connectivity index (χ1v) is 6.78. The van der Waals surface area contributed by atoms with Crippen LogP contribution >= 0.6 is 11.8 Å². The molecule has 0 spiro atoms. The van der Waals surface area contributed by atoms with Gasteiger partial charge in [0.25, 0.3) is 0 Å². The Morgan fingerprint density at radius 1 is 1.39 bits per heavy atom. The molecule has 2 atom stereocenters. The SMILES string of the molecule is [3H]NC(=O)[C@H](CNC(=O)[C@H](CSC)NC)NC(C)=O. The fourth-order valence-electron chi connectivity index (χ4n) is 1.24. The van der Waals surface area contributed by atoms with Crippen molar-refractivity contribution < 1.29 is 15.8 Å². The summed E-state index contributed by atoms with van der Waals surface area (Å²) in [5.41, 5.74) is 1.69. The average molecular weight is 278 g/mol. The van der Waals surface area contributed by atoms with Gasteiger partial charge in [-0.25, -0.2) is 0 Å². The van der Waals surface area contributed by atoms with Crippen LogP contribution in [0.15, 0.2) is 0 Å². The minimum Gasteiger partial charge on any atom is -0.368 e. The normalized spacial score (nSPS) is 14.1. The van der Waals surface area contributed by atoms with E-state index in [1.165, 1.54) is 18.7 Å². The molecule has 0 saturated carbocycles. The van der Waals surface area contributed by atoms with Gasteiger partial charge >= 0.3 is 0 Å². The van der Waals surface area contributed by atoms with Gasteiger partial charge < -0.3 is 21.7 Å². The van der Waals surface area contributed by atoms with Crippen molar-refractivity contribution in [3.05, 3.63) is 0 Å². The van der Waals surface area contributed by atoms with Gasteiger partial charge in [0.05, 0.1) is 6.04 Å². The fraction of sp³-hybridized carbons (Fsp3) is 0.700. The third kappa shape index (κ3) is 6.45. The van der Waals surface area contributed by atoms with Gasteiger partial charge in [-0.3, -0.25) is 14.4 Å². The van der Waals surface area contributed by atoms with Gasteiger partial charge in [-0.05, 0) is 13.3 Å². The van der Waals surface area contributed by atoms with Crippen LogP contribution in [-0.4, -0.2) is 55.4 Å². The Hall–Kier alpha value is -1.28. The first-order chi connectivity index (χ1) is 8.96. The summed E-state index contributed by atoms with van der Waals surface area (Å²) < 4.78 is 6.78. The number of nitrogens with one attached hydrogen (secondary N) is 3. The predicted octanol–water partition coefficient (Wildman–Crippen LogP) is -1.96. The van der Waals surface area contributed by atoms with Crippen LogP contribution in [0, 0.1) is 0 Å². The second kappa shape index (κ2) is 8.76. The van der Waals surface area contributed by atoms with Crippen LogP contribution in [0.2, 0.25) is 1.41 Å². The van der Waals surface area contributed by atoms with E-state index in [-0.39, 0.29) is 18.5 Å². The van der Waals surface area contributed by atoms with E-state index in [0.717, 1.165) is 0 Å². The summed E-state index contributed by atoms with van der Waals surface area (Å²) in [4.78, 5) is 34.1. The number of hydrogen-bond acceptors (Lipinski definition) is 5. The van der Waals surface area contributed by atoms with Crippen molar-refractivity contribution in [2.24, 2.45) is 5.73 Å². The molecule has 0 radical (unpaired) electrons. The summed E-state index contributed by atoms with van der Waals surface area (Å²) >= 11 is 1.52. The number of likely N-dealkylation sites (N-methyl/N-ethyl adjacent to an activating group) is 1. The van der Waals surface area contributed by atoms with Crippen LogP contribution in [0.4, 0.5) is 0 Å². The van der Waals surface area contributed by atoms with E-state index in [1.54, 1.807) is 12.8 Å². The smallest absolute Gasteiger partial charge is 0.241 e. The monoisotopic (exact) mass is 278 g/mol. The molecule has 0 bridgehead atoms. The largest absolute Gasteiger partial charge is 0.368 e. The average Bonchev–Trinajstić information content (AvgIpc) is 2.38. The number of rotatable bonds is 8. The lowest BCUT2D eigenvalue weighted by molar-refractivity contribution is -0.127. The molecule has 0 aromatic rings. The second-order valence-electron chi connectivity index (χ2n) is 3.66. The Bertz CT molecular complexity index is 330. The molecule has 0 saturated heterocycles. The van der Waals surface area contributed by atoms with Crippen LogP contribution < -0.4 is 21.7 Å². The molecule has 0 aromatic carbocycles. The van der Waals surface area contributed by atoms with Gasteiger partial charge in [0.2, 0.25) is 17.7 Å². The topological polar surface area (TPSA) is 113 Å². The van der Waals surface area contributed by atoms with Crippen molar-refractivity contribution in [3.63, 3.8) is 0 Å². The molecule has 0 heterocycles. The lowest BCUT2D eigenvalue weighted by Gasteiger charge is -2.18. The zero-order chi connectivity index (χ0) is 14.8. The Kier molecular flexibility index (Phi) is 7.19. The Morgan fingerprint density at radius 3 is 2.50 bits per heavy atom. The van der Waals surface area contributed by atoms with Gasteiger partial charge in [-0.2, -0.15) is 11.8 Å². The standard InChI is InChI=1S/C10H20N4O3S/c1-6(15)14-7(9(11)16)4-13-10(17)8(12-2)5-18-3/h7-8,12H,4-5H2,1-3H3,(H2,11,16)(H,13,17)(H,14,15)/t7-,8-/m0/s1/i/hT. The zero-order valence-electron chi connectivity index (χ0n) is 11.7. The molecule has 0 aliphatic rings. The minimum absolute atomic E-state index is 0.0598. The summed E-state index contributed by atoms with van der Waals surface area (Å²) in [6.07, 6.45) is 1.88. The zero-order valence-corrected chi connectivity index (χ0v) is 11.5. The molecule has 5 N–H and O–H groups in total. The van der Waals surface area contributed by atoms with E-state index in [1.807, 2.05) is 6.26 Å². The Morgan fingerprint density at radius 2 is 2.06 bits per heavy atom. The van der Waals surface area contributed by atoms with Crippen molar-refractivity contribution in [2.75, 3.05) is 25.6 Å². The van der Waals surface area contributed by atoms with Crippen LogP contribution in [0.1, 0.15) is 6.92 Å². The van der Waals surface area contributed by atoms with E-state index >= 15 is 0 Å². The van der Waals surface area contributed by atoms with Gasteiger partial charge in [0.1, 0.15) is 6.04 Å². The molecule has 3 amide bonds. The highest BCUT2D eigenvalue weighted by Gasteiger charge is 2.20. The van der Waals surface area contributed by atoms with E-state index in [4.69, 9.17) is 1.41 Å². The molecular formula is C10H20N4O3S. The number of primary amides is 1. The van der Waals surface area contributed by atoms with Gasteiger partial charge in [-0.1, -0.05) is 0 Å². The maximum atomic E-state index is 11.8. The first-order valence-electron chi connectivity index (χ1n) is 5.88. The maximum absolute atomic E-state index is 11.8. The number of hydrogen-bond donors (Lipinski definition) is 4. The summed E-state index contributed by atoms with van der Waals surface area (Å²) in [6.45, 7) is 1.20. The number of nitrogens with two attached hydrogens (primary N) is 1. The first kappa shape index (κ1) is 14.8. The van der Waals surface area contributed by atoms with Crippen LogP contribution in [0.25, 0.3) is 0 Å². The highest BCUT2D eigenvalue weighted by atomic mass is 32.2. The number of carbonyl (C=O) groups is 3. The van der Waals surface area contributed by atoms with Gasteiger partial charge in [0, 0.05) is 19.2 Å². The summed E-state index contributed by atoms with van der Waals surface area (Å²) in [5, 5.41) is 7.78. The van der Waals surface area contributed by atoms with Crippen LogP contribution in [-0.2, 0) is 14.4 Å². The maximum Gasteiger partial charge on any atom is 0.241 e. The number of amides is 3. The Balaban J connectivity index is 4.41. The van der Waals surface area contributed by atoms with Gasteiger partial charge in [-0.15, -0.1) is 0 Å². The summed E-state index contributed by atoms with van der Waals surface area (Å²) in [7, 11) is 1.67. The van der Waals surface area contributed by atoms with Crippen molar-refractivity contribution in [1.29, 1.82) is 0 Å². The van der Waals surface area contributed by atoms with Crippen molar-refractivity contribution in [1.82, 2.24) is 16.0 Å². The Labute approximate surface area is 112 Å². The minimum atomic E-state index is -0.953. The quantitative estimate of drug-likeness (QED) is 0.412. The van der Waals surface area contributed by atoms with E-state index in [0.29, 0.717) is 5.75 Å². The van der Waals surface area contributed by atoms with E-state index in [2.05, 4.69) is 16.0 Å². The summed E-state index contributed by atoms with van der Waals surface area (Å²) in [6, 6.07) is -1.32.